The van der Waals surface area contributed by atoms with Gasteiger partial charge in [-0.25, -0.2) is 9.59 Å². The number of halogens is 5. The minimum Gasteiger partial charge on any atom is -0.494 e. The molecule has 218 valence electrons. The molecular weight excluding hydrogens is 551 g/mol. The summed E-state index contributed by atoms with van der Waals surface area (Å²) < 4.78 is 78.2. The number of hydrogen-bond acceptors (Lipinski definition) is 7. The molecular formula is C29H27F5N2O5. The summed E-state index contributed by atoms with van der Waals surface area (Å²) >= 11 is 0. The second-order valence-electron chi connectivity index (χ2n) is 8.80. The molecule has 3 aromatic rings. The third-order valence-corrected chi connectivity index (χ3v) is 5.59. The van der Waals surface area contributed by atoms with Crippen LogP contribution >= 0.6 is 0 Å². The number of esters is 2. The Balaban J connectivity index is 1.62. The van der Waals surface area contributed by atoms with Gasteiger partial charge in [-0.15, -0.1) is 0 Å². The maximum absolute atomic E-state index is 12.9. The Morgan fingerprint density at radius 1 is 0.829 bits per heavy atom. The molecule has 3 aromatic carbocycles. The Labute approximate surface area is 232 Å². The molecule has 0 aromatic heterocycles. The normalized spacial score (nSPS) is 12.1. The summed E-state index contributed by atoms with van der Waals surface area (Å²) in [4.78, 5) is 25.2. The molecule has 4 N–H and O–H groups in total. The van der Waals surface area contributed by atoms with E-state index < -0.39 is 36.9 Å². The van der Waals surface area contributed by atoms with Gasteiger partial charge in [0, 0.05) is 17.8 Å². The van der Waals surface area contributed by atoms with Crippen molar-refractivity contribution >= 4 is 35.0 Å². The fourth-order valence-corrected chi connectivity index (χ4v) is 3.58. The molecule has 7 nitrogen and oxygen atoms in total. The molecule has 0 amide bonds. The number of anilines is 2. The zero-order chi connectivity index (χ0) is 30.2. The average molecular weight is 579 g/mol. The zero-order valence-electron chi connectivity index (χ0n) is 21.8. The van der Waals surface area contributed by atoms with Gasteiger partial charge in [-0.05, 0) is 85.1 Å². The SMILES string of the molecule is CCOC(=O)C(=Cc1ccc(C(=O)Oc2ccc(OCCCC(F)(F)C(F)(F)F)cc2)cc1)c1cc(N)cc(N)c1. The first-order valence-electron chi connectivity index (χ1n) is 12.3. The van der Waals surface area contributed by atoms with E-state index in [4.69, 9.17) is 25.7 Å². The number of carbonyl (C=O) groups excluding carboxylic acids is 2. The quantitative estimate of drug-likeness (QED) is 0.0506. The number of nitrogen functional groups attached to an aromatic ring is 2. The highest BCUT2D eigenvalue weighted by Gasteiger charge is 2.56. The Morgan fingerprint density at radius 2 is 1.41 bits per heavy atom. The van der Waals surface area contributed by atoms with Crippen LogP contribution in [0.3, 0.4) is 0 Å². The molecule has 0 aliphatic heterocycles. The van der Waals surface area contributed by atoms with Crippen LogP contribution in [0.5, 0.6) is 11.5 Å². The molecule has 41 heavy (non-hydrogen) atoms. The summed E-state index contributed by atoms with van der Waals surface area (Å²) in [5.41, 5.74) is 14.0. The fourth-order valence-electron chi connectivity index (χ4n) is 3.58. The lowest BCUT2D eigenvalue weighted by molar-refractivity contribution is -0.284. The summed E-state index contributed by atoms with van der Waals surface area (Å²) in [6.45, 7) is 1.48. The van der Waals surface area contributed by atoms with Crippen molar-refractivity contribution in [3.63, 3.8) is 0 Å². The van der Waals surface area contributed by atoms with E-state index in [-0.39, 0.29) is 35.8 Å². The van der Waals surface area contributed by atoms with Gasteiger partial charge in [-0.2, -0.15) is 22.0 Å². The summed E-state index contributed by atoms with van der Waals surface area (Å²) in [6.07, 6.45) is -5.93. The first kappa shape index (κ1) is 30.9. The molecule has 0 saturated carbocycles. The number of carbonyl (C=O) groups is 2. The Kier molecular flexibility index (Phi) is 9.93. The maximum Gasteiger partial charge on any atom is 0.453 e. The van der Waals surface area contributed by atoms with Gasteiger partial charge in [0.25, 0.3) is 0 Å². The molecule has 0 radical (unpaired) electrons. The number of ether oxygens (including phenoxy) is 3. The molecule has 3 rings (SSSR count). The van der Waals surface area contributed by atoms with Crippen molar-refractivity contribution in [3.8, 4) is 11.5 Å². The maximum atomic E-state index is 12.9. The van der Waals surface area contributed by atoms with Crippen molar-refractivity contribution in [1.82, 2.24) is 0 Å². The predicted molar refractivity (Wildman–Crippen MR) is 143 cm³/mol. The summed E-state index contributed by atoms with van der Waals surface area (Å²) in [7, 11) is 0. The Bertz CT molecular complexity index is 1370. The smallest absolute Gasteiger partial charge is 0.453 e. The molecule has 0 heterocycles. The van der Waals surface area contributed by atoms with Crippen LogP contribution in [0.15, 0.2) is 66.7 Å². The van der Waals surface area contributed by atoms with E-state index in [0.717, 1.165) is 0 Å². The first-order chi connectivity index (χ1) is 19.3. The van der Waals surface area contributed by atoms with Crippen LogP contribution in [0.25, 0.3) is 11.6 Å². The third-order valence-electron chi connectivity index (χ3n) is 5.59. The fraction of sp³-hybridized carbons (Fsp3) is 0.241. The summed E-state index contributed by atoms with van der Waals surface area (Å²) in [5.74, 6) is -5.68. The minimum absolute atomic E-state index is 0.152. The Morgan fingerprint density at radius 3 is 1.98 bits per heavy atom. The first-order valence-corrected chi connectivity index (χ1v) is 12.3. The van der Waals surface area contributed by atoms with E-state index in [9.17, 15) is 31.5 Å². The van der Waals surface area contributed by atoms with E-state index in [1.807, 2.05) is 0 Å². The van der Waals surface area contributed by atoms with Gasteiger partial charge in [0.05, 0.1) is 24.4 Å². The van der Waals surface area contributed by atoms with Gasteiger partial charge in [0.1, 0.15) is 11.5 Å². The number of rotatable bonds is 11. The molecule has 0 atom stereocenters. The van der Waals surface area contributed by atoms with Crippen LogP contribution < -0.4 is 20.9 Å². The molecule has 0 unspecified atom stereocenters. The Hall–Kier alpha value is -4.61. The molecule has 12 heteroatoms. The highest BCUT2D eigenvalue weighted by atomic mass is 19.4. The van der Waals surface area contributed by atoms with Crippen molar-refractivity contribution < 1.29 is 45.8 Å². The number of nitrogens with two attached hydrogens (primary N) is 2. The average Bonchev–Trinajstić information content (AvgIpc) is 2.90. The second kappa shape index (κ2) is 13.2. The number of hydrogen-bond donors (Lipinski definition) is 2. The minimum atomic E-state index is -5.60. The van der Waals surface area contributed by atoms with E-state index in [1.54, 1.807) is 43.3 Å². The van der Waals surface area contributed by atoms with E-state index >= 15 is 0 Å². The number of benzene rings is 3. The molecule has 0 fully saturated rings. The third kappa shape index (κ3) is 8.69. The predicted octanol–water partition coefficient (Wildman–Crippen LogP) is 6.53. The van der Waals surface area contributed by atoms with Crippen LogP contribution in [0.2, 0.25) is 0 Å². The van der Waals surface area contributed by atoms with Crippen LogP contribution in [0.4, 0.5) is 33.3 Å². The highest BCUT2D eigenvalue weighted by Crippen LogP contribution is 2.38. The van der Waals surface area contributed by atoms with Gasteiger partial charge in [-0.1, -0.05) is 12.1 Å². The second-order valence-corrected chi connectivity index (χ2v) is 8.80. The van der Waals surface area contributed by atoms with Crippen LogP contribution in [-0.2, 0) is 9.53 Å². The lowest BCUT2D eigenvalue weighted by atomic mass is 10.0. The molecule has 0 spiro atoms. The summed E-state index contributed by atoms with van der Waals surface area (Å²) in [5, 5.41) is 0. The van der Waals surface area contributed by atoms with Gasteiger partial charge >= 0.3 is 24.0 Å². The van der Waals surface area contributed by atoms with Crippen LogP contribution in [0.1, 0.15) is 41.3 Å². The van der Waals surface area contributed by atoms with Gasteiger partial charge in [0.15, 0.2) is 0 Å². The van der Waals surface area contributed by atoms with Crippen LogP contribution in [-0.4, -0.2) is 37.3 Å². The lowest BCUT2D eigenvalue weighted by Crippen LogP contribution is -2.36. The van der Waals surface area contributed by atoms with Crippen molar-refractivity contribution in [2.75, 3.05) is 24.7 Å². The largest absolute Gasteiger partial charge is 0.494 e. The highest BCUT2D eigenvalue weighted by molar-refractivity contribution is 6.22. The molecule has 0 bridgehead atoms. The number of alkyl halides is 5. The van der Waals surface area contributed by atoms with Gasteiger partial charge in [-0.3, -0.25) is 0 Å². The molecule has 0 aliphatic rings. The van der Waals surface area contributed by atoms with Crippen molar-refractivity contribution in [2.45, 2.75) is 31.9 Å². The molecule has 0 saturated heterocycles. The van der Waals surface area contributed by atoms with Crippen molar-refractivity contribution in [1.29, 1.82) is 0 Å². The van der Waals surface area contributed by atoms with E-state index in [0.29, 0.717) is 22.5 Å². The van der Waals surface area contributed by atoms with Crippen molar-refractivity contribution in [3.05, 3.63) is 83.4 Å². The van der Waals surface area contributed by atoms with Crippen molar-refractivity contribution in [2.24, 2.45) is 0 Å². The molecule has 0 aliphatic carbocycles. The van der Waals surface area contributed by atoms with E-state index in [1.165, 1.54) is 36.4 Å². The monoisotopic (exact) mass is 578 g/mol. The van der Waals surface area contributed by atoms with Gasteiger partial charge < -0.3 is 25.7 Å². The topological polar surface area (TPSA) is 114 Å². The van der Waals surface area contributed by atoms with Crippen LogP contribution in [0, 0.1) is 0 Å². The van der Waals surface area contributed by atoms with Gasteiger partial charge in [0.2, 0.25) is 0 Å². The lowest BCUT2D eigenvalue weighted by Gasteiger charge is -2.19. The summed E-state index contributed by atoms with van der Waals surface area (Å²) in [6, 6.07) is 16.5. The van der Waals surface area contributed by atoms with E-state index in [2.05, 4.69) is 0 Å². The standard InChI is InChI=1S/C29H27F5N2O5/c1-2-39-27(38)25(20-15-21(35)17-22(36)16-20)14-18-4-6-19(7-5-18)26(37)41-24-10-8-23(9-11-24)40-13-3-12-28(30,31)29(32,33)34/h4-11,14-17H,2-3,12-13,35-36H2,1H3. The zero-order valence-corrected chi connectivity index (χ0v) is 21.8.